The molecule has 0 aliphatic heterocycles. The number of carbonyl (C=O) groups excluding carboxylic acids is 1. The van der Waals surface area contributed by atoms with Gasteiger partial charge in [0.1, 0.15) is 11.6 Å². The highest BCUT2D eigenvalue weighted by Gasteiger charge is 2.15. The van der Waals surface area contributed by atoms with Gasteiger partial charge in [-0.3, -0.25) is 9.89 Å². The van der Waals surface area contributed by atoms with Crippen LogP contribution in [0.1, 0.15) is 35.0 Å². The van der Waals surface area contributed by atoms with Gasteiger partial charge in [-0.05, 0) is 31.5 Å². The molecule has 0 spiro atoms. The average molecular weight is 246 g/mol. The smallest absolute Gasteiger partial charge is 0.291 e. The molecule has 0 radical (unpaired) electrons. The molecule has 1 heterocycles. The van der Waals surface area contributed by atoms with E-state index in [1.165, 1.54) is 0 Å². The third-order valence-corrected chi connectivity index (χ3v) is 2.52. The molecule has 0 saturated heterocycles. The van der Waals surface area contributed by atoms with Crippen molar-refractivity contribution in [2.45, 2.75) is 19.9 Å². The predicted octanol–water partition coefficient (Wildman–Crippen LogP) is 1.31. The van der Waals surface area contributed by atoms with Crippen molar-refractivity contribution in [1.82, 2.24) is 20.5 Å². The molecular formula is C12H14N4O2. The molecule has 0 aliphatic rings. The summed E-state index contributed by atoms with van der Waals surface area (Å²) < 4.78 is 0. The van der Waals surface area contributed by atoms with Crippen LogP contribution in [0.25, 0.3) is 0 Å². The predicted molar refractivity (Wildman–Crippen MR) is 65.1 cm³/mol. The Bertz CT molecular complexity index is 565. The number of aromatic hydroxyl groups is 1. The van der Waals surface area contributed by atoms with Crippen LogP contribution < -0.4 is 5.32 Å². The van der Waals surface area contributed by atoms with Crippen LogP contribution in [0.3, 0.4) is 0 Å². The second kappa shape index (κ2) is 4.87. The van der Waals surface area contributed by atoms with Gasteiger partial charge >= 0.3 is 0 Å². The standard InChI is InChI=1S/C12H14N4O2/c1-7(9-4-3-5-10(17)6-9)13-12(18)11-14-8(2)15-16-11/h3-7,17H,1-2H3,(H,13,18)(H,14,15,16). The number of carbonyl (C=O) groups is 1. The van der Waals surface area contributed by atoms with Gasteiger partial charge in [0.2, 0.25) is 5.82 Å². The molecule has 1 atom stereocenters. The van der Waals surface area contributed by atoms with Crippen LogP contribution in [0.5, 0.6) is 5.75 Å². The number of phenols is 1. The topological polar surface area (TPSA) is 90.9 Å². The summed E-state index contributed by atoms with van der Waals surface area (Å²) in [5.41, 5.74) is 0.815. The molecule has 2 rings (SSSR count). The van der Waals surface area contributed by atoms with Crippen molar-refractivity contribution in [2.75, 3.05) is 0 Å². The first kappa shape index (κ1) is 12.1. The Morgan fingerprint density at radius 3 is 2.89 bits per heavy atom. The number of hydrogen-bond acceptors (Lipinski definition) is 4. The van der Waals surface area contributed by atoms with Gasteiger partial charge in [-0.2, -0.15) is 0 Å². The van der Waals surface area contributed by atoms with Crippen molar-refractivity contribution in [3.8, 4) is 5.75 Å². The summed E-state index contributed by atoms with van der Waals surface area (Å²) in [6, 6.07) is 6.51. The second-order valence-electron chi connectivity index (χ2n) is 4.03. The minimum Gasteiger partial charge on any atom is -0.508 e. The monoisotopic (exact) mass is 246 g/mol. The number of aryl methyl sites for hydroxylation is 1. The SMILES string of the molecule is Cc1nc(C(=O)NC(C)c2cccc(O)c2)n[nH]1. The molecule has 3 N–H and O–H groups in total. The molecule has 0 saturated carbocycles. The molecule has 2 aromatic rings. The lowest BCUT2D eigenvalue weighted by atomic mass is 10.1. The zero-order chi connectivity index (χ0) is 13.1. The van der Waals surface area contributed by atoms with Gasteiger partial charge in [-0.1, -0.05) is 12.1 Å². The Labute approximate surface area is 104 Å². The lowest BCUT2D eigenvalue weighted by Crippen LogP contribution is -2.27. The summed E-state index contributed by atoms with van der Waals surface area (Å²) in [5.74, 6) is 0.516. The summed E-state index contributed by atoms with van der Waals surface area (Å²) >= 11 is 0. The molecule has 1 aromatic heterocycles. The van der Waals surface area contributed by atoms with Gasteiger partial charge in [0.15, 0.2) is 0 Å². The van der Waals surface area contributed by atoms with Crippen molar-refractivity contribution >= 4 is 5.91 Å². The molecule has 1 amide bonds. The molecule has 94 valence electrons. The maximum Gasteiger partial charge on any atom is 0.291 e. The lowest BCUT2D eigenvalue weighted by molar-refractivity contribution is 0.0929. The first-order valence-electron chi connectivity index (χ1n) is 5.55. The van der Waals surface area contributed by atoms with Crippen LogP contribution in [0.4, 0.5) is 0 Å². The van der Waals surface area contributed by atoms with Crippen molar-refractivity contribution in [1.29, 1.82) is 0 Å². The molecule has 1 unspecified atom stereocenters. The van der Waals surface area contributed by atoms with Crippen LogP contribution in [-0.4, -0.2) is 26.2 Å². The molecule has 6 nitrogen and oxygen atoms in total. The molecule has 18 heavy (non-hydrogen) atoms. The van der Waals surface area contributed by atoms with E-state index in [1.807, 2.05) is 13.0 Å². The summed E-state index contributed by atoms with van der Waals surface area (Å²) in [4.78, 5) is 15.8. The Morgan fingerprint density at radius 1 is 1.50 bits per heavy atom. The zero-order valence-corrected chi connectivity index (χ0v) is 10.1. The minimum absolute atomic E-state index is 0.111. The fraction of sp³-hybridized carbons (Fsp3) is 0.250. The third kappa shape index (κ3) is 2.65. The van der Waals surface area contributed by atoms with Gasteiger partial charge in [0.05, 0.1) is 6.04 Å². The van der Waals surface area contributed by atoms with E-state index >= 15 is 0 Å². The summed E-state index contributed by atoms with van der Waals surface area (Å²) in [7, 11) is 0. The fourth-order valence-corrected chi connectivity index (χ4v) is 1.58. The number of hydrogen-bond donors (Lipinski definition) is 3. The molecular weight excluding hydrogens is 232 g/mol. The van der Waals surface area contributed by atoms with Gasteiger partial charge < -0.3 is 10.4 Å². The number of phenolic OH excluding ortho intramolecular Hbond substituents is 1. The second-order valence-corrected chi connectivity index (χ2v) is 4.03. The average Bonchev–Trinajstić information content (AvgIpc) is 2.76. The highest BCUT2D eigenvalue weighted by molar-refractivity contribution is 5.90. The number of nitrogens with zero attached hydrogens (tertiary/aromatic N) is 2. The van der Waals surface area contributed by atoms with E-state index in [0.717, 1.165) is 5.56 Å². The summed E-state index contributed by atoms with van der Waals surface area (Å²) in [6.07, 6.45) is 0. The van der Waals surface area contributed by atoms with Crippen molar-refractivity contribution in [3.63, 3.8) is 0 Å². The van der Waals surface area contributed by atoms with E-state index in [-0.39, 0.29) is 23.5 Å². The molecule has 6 heteroatoms. The molecule has 0 aliphatic carbocycles. The lowest BCUT2D eigenvalue weighted by Gasteiger charge is -2.13. The number of rotatable bonds is 3. The van der Waals surface area contributed by atoms with Crippen molar-refractivity contribution < 1.29 is 9.90 Å². The van der Waals surface area contributed by atoms with E-state index < -0.39 is 0 Å². The van der Waals surface area contributed by atoms with Crippen LogP contribution in [0.2, 0.25) is 0 Å². The maximum absolute atomic E-state index is 11.8. The maximum atomic E-state index is 11.8. The Morgan fingerprint density at radius 2 is 2.28 bits per heavy atom. The first-order chi connectivity index (χ1) is 8.56. The Hall–Kier alpha value is -2.37. The minimum atomic E-state index is -0.352. The van der Waals surface area contributed by atoms with Gasteiger partial charge in [0, 0.05) is 0 Å². The molecule has 1 aromatic carbocycles. The normalized spacial score (nSPS) is 12.1. The Balaban J connectivity index is 2.07. The fourth-order valence-electron chi connectivity index (χ4n) is 1.58. The van der Waals surface area contributed by atoms with E-state index in [0.29, 0.717) is 5.82 Å². The number of amides is 1. The van der Waals surface area contributed by atoms with E-state index in [4.69, 9.17) is 0 Å². The highest BCUT2D eigenvalue weighted by Crippen LogP contribution is 2.17. The number of nitrogens with one attached hydrogen (secondary N) is 2. The number of H-pyrrole nitrogens is 1. The molecule has 0 bridgehead atoms. The van der Waals surface area contributed by atoms with E-state index in [9.17, 15) is 9.90 Å². The van der Waals surface area contributed by atoms with E-state index in [1.54, 1.807) is 25.1 Å². The van der Waals surface area contributed by atoms with Crippen molar-refractivity contribution in [3.05, 3.63) is 41.5 Å². The van der Waals surface area contributed by atoms with Gasteiger partial charge in [-0.25, -0.2) is 4.98 Å². The van der Waals surface area contributed by atoms with Crippen LogP contribution in [-0.2, 0) is 0 Å². The third-order valence-electron chi connectivity index (χ3n) is 2.52. The molecule has 0 fully saturated rings. The number of benzene rings is 1. The van der Waals surface area contributed by atoms with Crippen molar-refractivity contribution in [2.24, 2.45) is 0 Å². The zero-order valence-electron chi connectivity index (χ0n) is 10.1. The van der Waals surface area contributed by atoms with Crippen LogP contribution in [0, 0.1) is 6.92 Å². The van der Waals surface area contributed by atoms with Crippen LogP contribution >= 0.6 is 0 Å². The highest BCUT2D eigenvalue weighted by atomic mass is 16.3. The Kier molecular flexibility index (Phi) is 3.27. The quantitative estimate of drug-likeness (QED) is 0.761. The first-order valence-corrected chi connectivity index (χ1v) is 5.55. The largest absolute Gasteiger partial charge is 0.508 e. The summed E-state index contributed by atoms with van der Waals surface area (Å²) in [5, 5.41) is 18.5. The number of aromatic nitrogens is 3. The van der Waals surface area contributed by atoms with Crippen LogP contribution in [0.15, 0.2) is 24.3 Å². The van der Waals surface area contributed by atoms with Gasteiger partial charge in [-0.15, -0.1) is 5.10 Å². The summed E-state index contributed by atoms with van der Waals surface area (Å²) in [6.45, 7) is 3.55. The van der Waals surface area contributed by atoms with E-state index in [2.05, 4.69) is 20.5 Å². The number of aromatic amines is 1. The van der Waals surface area contributed by atoms with Gasteiger partial charge in [0.25, 0.3) is 5.91 Å².